The SMILES string of the molecule is CCc1cccc(NC(=O)C[N+]2=C3C=CSC3C(=O)N(CCc3cccs3)C2=O)c1. The van der Waals surface area contributed by atoms with Crippen LogP contribution in [-0.2, 0) is 22.4 Å². The number of imide groups is 1. The van der Waals surface area contributed by atoms with Crippen molar-refractivity contribution in [3.05, 3.63) is 63.7 Å². The third kappa shape index (κ3) is 4.24. The maximum Gasteiger partial charge on any atom is 0.501 e. The number of nitrogens with one attached hydrogen (secondary N) is 1. The number of urea groups is 1. The van der Waals surface area contributed by atoms with Gasteiger partial charge in [-0.1, -0.05) is 25.1 Å². The van der Waals surface area contributed by atoms with Gasteiger partial charge in [-0.15, -0.1) is 23.1 Å². The van der Waals surface area contributed by atoms with Crippen molar-refractivity contribution in [1.29, 1.82) is 0 Å². The van der Waals surface area contributed by atoms with Crippen molar-refractivity contribution in [2.24, 2.45) is 0 Å². The van der Waals surface area contributed by atoms with E-state index < -0.39 is 11.3 Å². The zero-order valence-electron chi connectivity index (χ0n) is 16.5. The van der Waals surface area contributed by atoms with Gasteiger partial charge in [0.15, 0.2) is 11.8 Å². The summed E-state index contributed by atoms with van der Waals surface area (Å²) in [7, 11) is 0. The van der Waals surface area contributed by atoms with Gasteiger partial charge in [-0.3, -0.25) is 4.79 Å². The minimum Gasteiger partial charge on any atom is -0.323 e. The van der Waals surface area contributed by atoms with Crippen LogP contribution in [0.15, 0.2) is 53.3 Å². The Balaban J connectivity index is 1.51. The van der Waals surface area contributed by atoms with E-state index in [4.69, 9.17) is 0 Å². The summed E-state index contributed by atoms with van der Waals surface area (Å²) in [6.07, 6.45) is 3.24. The lowest BCUT2D eigenvalue weighted by molar-refractivity contribution is -0.425. The van der Waals surface area contributed by atoms with Crippen LogP contribution in [0.4, 0.5) is 10.5 Å². The van der Waals surface area contributed by atoms with Crippen LogP contribution in [0.2, 0.25) is 0 Å². The van der Waals surface area contributed by atoms with Crippen LogP contribution in [0.5, 0.6) is 0 Å². The largest absolute Gasteiger partial charge is 0.501 e. The third-order valence-corrected chi connectivity index (χ3v) is 7.01. The fraction of sp³-hybridized carbons (Fsp3) is 0.273. The average molecular weight is 441 g/mol. The molecule has 2 aliphatic rings. The van der Waals surface area contributed by atoms with Gasteiger partial charge in [0.2, 0.25) is 0 Å². The highest BCUT2D eigenvalue weighted by atomic mass is 32.2. The van der Waals surface area contributed by atoms with Gasteiger partial charge in [-0.05, 0) is 47.0 Å². The third-order valence-electron chi connectivity index (χ3n) is 5.07. The van der Waals surface area contributed by atoms with Gasteiger partial charge in [0.25, 0.3) is 5.91 Å². The van der Waals surface area contributed by atoms with E-state index in [1.54, 1.807) is 17.4 Å². The lowest BCUT2D eigenvalue weighted by atomic mass is 10.1. The summed E-state index contributed by atoms with van der Waals surface area (Å²) < 4.78 is 1.43. The Bertz CT molecular complexity index is 1040. The summed E-state index contributed by atoms with van der Waals surface area (Å²) in [4.78, 5) is 41.1. The van der Waals surface area contributed by atoms with Crippen LogP contribution >= 0.6 is 23.1 Å². The summed E-state index contributed by atoms with van der Waals surface area (Å²) in [5.41, 5.74) is 2.41. The molecule has 4 amide bonds. The van der Waals surface area contributed by atoms with E-state index in [9.17, 15) is 14.4 Å². The van der Waals surface area contributed by atoms with Crippen molar-refractivity contribution in [2.45, 2.75) is 25.0 Å². The maximum absolute atomic E-state index is 13.1. The minimum atomic E-state index is -0.470. The lowest BCUT2D eigenvalue weighted by Gasteiger charge is -2.24. The monoisotopic (exact) mass is 440 g/mol. The molecule has 3 heterocycles. The number of carbonyl (C=O) groups excluding carboxylic acids is 3. The second kappa shape index (κ2) is 8.97. The first-order chi connectivity index (χ1) is 14.6. The molecule has 8 heteroatoms. The number of hydrogen-bond acceptors (Lipinski definition) is 5. The average Bonchev–Trinajstić information content (AvgIpc) is 3.43. The first-order valence-electron chi connectivity index (χ1n) is 9.79. The van der Waals surface area contributed by atoms with Crippen LogP contribution < -0.4 is 5.32 Å². The number of benzene rings is 1. The molecule has 1 atom stereocenters. The topological polar surface area (TPSA) is 69.5 Å². The number of fused-ring (bicyclic) bond motifs is 1. The van der Waals surface area contributed by atoms with Gasteiger partial charge in [0, 0.05) is 17.0 Å². The molecule has 0 fully saturated rings. The fourth-order valence-corrected chi connectivity index (χ4v) is 5.17. The highest BCUT2D eigenvalue weighted by Gasteiger charge is 2.49. The molecule has 0 radical (unpaired) electrons. The molecular formula is C22H22N3O3S2+. The van der Waals surface area contributed by atoms with Gasteiger partial charge in [0.1, 0.15) is 12.3 Å². The van der Waals surface area contributed by atoms with Gasteiger partial charge in [-0.25, -0.2) is 4.79 Å². The van der Waals surface area contributed by atoms with E-state index in [0.717, 1.165) is 16.9 Å². The van der Waals surface area contributed by atoms with E-state index in [0.29, 0.717) is 24.4 Å². The molecule has 0 saturated heterocycles. The van der Waals surface area contributed by atoms with Crippen LogP contribution in [0.1, 0.15) is 17.4 Å². The van der Waals surface area contributed by atoms with E-state index in [1.807, 2.05) is 47.2 Å². The molecule has 1 unspecified atom stereocenters. The van der Waals surface area contributed by atoms with Gasteiger partial charge in [-0.2, -0.15) is 14.3 Å². The number of rotatable bonds is 7. The van der Waals surface area contributed by atoms with Gasteiger partial charge < -0.3 is 5.32 Å². The van der Waals surface area contributed by atoms with E-state index in [2.05, 4.69) is 12.2 Å². The molecule has 2 aliphatic heterocycles. The van der Waals surface area contributed by atoms with Crippen molar-refractivity contribution in [2.75, 3.05) is 18.4 Å². The van der Waals surface area contributed by atoms with Crippen molar-refractivity contribution in [3.8, 4) is 0 Å². The molecule has 6 nitrogen and oxygen atoms in total. The first-order valence-corrected chi connectivity index (χ1v) is 11.6. The molecule has 0 spiro atoms. The molecule has 0 bridgehead atoms. The molecule has 1 aromatic heterocycles. The Morgan fingerprint density at radius 3 is 2.87 bits per heavy atom. The Morgan fingerprint density at radius 1 is 1.23 bits per heavy atom. The van der Waals surface area contributed by atoms with Crippen LogP contribution in [-0.4, -0.2) is 51.4 Å². The number of thioether (sulfide) groups is 1. The van der Waals surface area contributed by atoms with Crippen molar-refractivity contribution < 1.29 is 19.0 Å². The summed E-state index contributed by atoms with van der Waals surface area (Å²) in [5.74, 6) is -0.505. The quantitative estimate of drug-likeness (QED) is 0.669. The maximum atomic E-state index is 13.1. The van der Waals surface area contributed by atoms with Crippen LogP contribution in [0, 0.1) is 0 Å². The van der Waals surface area contributed by atoms with Gasteiger partial charge >= 0.3 is 11.9 Å². The normalized spacial score (nSPS) is 18.2. The molecular weight excluding hydrogens is 418 g/mol. The van der Waals surface area contributed by atoms with Crippen molar-refractivity contribution in [3.63, 3.8) is 0 Å². The number of amides is 4. The Kier molecular flexibility index (Phi) is 6.15. The van der Waals surface area contributed by atoms with E-state index in [-0.39, 0.29) is 18.4 Å². The number of nitrogens with zero attached hydrogens (tertiary/aromatic N) is 2. The molecule has 0 aliphatic carbocycles. The predicted molar refractivity (Wildman–Crippen MR) is 120 cm³/mol. The van der Waals surface area contributed by atoms with Gasteiger partial charge in [0.05, 0.1) is 0 Å². The standard InChI is InChI=1S/C22H21N3O3S2/c1-2-15-5-3-6-16(13-15)23-19(26)14-25-18-9-12-30-20(18)21(27)24(22(25)28)10-8-17-7-4-11-29-17/h3-7,9,11-13,20H,2,8,10,14H2,1H3/p+1. The van der Waals surface area contributed by atoms with E-state index in [1.165, 1.54) is 21.2 Å². The second-order valence-electron chi connectivity index (χ2n) is 7.03. The zero-order chi connectivity index (χ0) is 21.1. The molecule has 2 aromatic rings. The number of aryl methyl sites for hydroxylation is 1. The zero-order valence-corrected chi connectivity index (χ0v) is 18.2. The predicted octanol–water partition coefficient (Wildman–Crippen LogP) is 3.54. The highest BCUT2D eigenvalue weighted by Crippen LogP contribution is 2.28. The number of carbonyl (C=O) groups is 3. The first kappa shape index (κ1) is 20.6. The Labute approximate surface area is 183 Å². The van der Waals surface area contributed by atoms with E-state index >= 15 is 0 Å². The summed E-state index contributed by atoms with van der Waals surface area (Å²) in [5, 5.41) is 6.18. The van der Waals surface area contributed by atoms with Crippen LogP contribution in [0.25, 0.3) is 0 Å². The molecule has 30 heavy (non-hydrogen) atoms. The summed E-state index contributed by atoms with van der Waals surface area (Å²) >= 11 is 2.97. The molecule has 0 saturated carbocycles. The number of allylic oxidation sites excluding steroid dienone is 1. The minimum absolute atomic E-state index is 0.130. The molecule has 4 rings (SSSR count). The van der Waals surface area contributed by atoms with Crippen LogP contribution in [0.3, 0.4) is 0 Å². The smallest absolute Gasteiger partial charge is 0.323 e. The fourth-order valence-electron chi connectivity index (χ4n) is 3.51. The molecule has 154 valence electrons. The van der Waals surface area contributed by atoms with Crippen molar-refractivity contribution >= 4 is 52.3 Å². The number of anilines is 1. The Hall–Kier alpha value is -2.71. The summed E-state index contributed by atoms with van der Waals surface area (Å²) in [6.45, 7) is 2.23. The number of thiophene rings is 1. The van der Waals surface area contributed by atoms with Crippen molar-refractivity contribution in [1.82, 2.24) is 4.90 Å². The lowest BCUT2D eigenvalue weighted by Crippen LogP contribution is -2.56. The Morgan fingerprint density at radius 2 is 2.10 bits per heavy atom. The molecule has 1 N–H and O–H groups in total. The summed E-state index contributed by atoms with van der Waals surface area (Å²) in [6, 6.07) is 11.2. The second-order valence-corrected chi connectivity index (χ2v) is 9.08. The molecule has 1 aromatic carbocycles. The highest BCUT2D eigenvalue weighted by molar-refractivity contribution is 8.04. The number of hydrogen-bond donors (Lipinski definition) is 1.